The van der Waals surface area contributed by atoms with Crippen LogP contribution in [0.15, 0.2) is 12.1 Å². The molecule has 1 unspecified atom stereocenters. The summed E-state index contributed by atoms with van der Waals surface area (Å²) in [5.41, 5.74) is 1.32. The molecule has 6 nitrogen and oxygen atoms in total. The first kappa shape index (κ1) is 15.8. The van der Waals surface area contributed by atoms with Crippen molar-refractivity contribution < 1.29 is 13.2 Å². The highest BCUT2D eigenvalue weighted by Gasteiger charge is 2.31. The van der Waals surface area contributed by atoms with Gasteiger partial charge in [0.05, 0.1) is 11.0 Å². The Bertz CT molecular complexity index is 606. The molecule has 0 spiro atoms. The van der Waals surface area contributed by atoms with E-state index >= 15 is 0 Å². The number of nitrogens with zero attached hydrogens (tertiary/aromatic N) is 1. The van der Waals surface area contributed by atoms with Crippen molar-refractivity contribution in [1.82, 2.24) is 10.3 Å². The molecule has 1 aliphatic heterocycles. The second kappa shape index (κ2) is 6.43. The number of hydrogen-bond donors (Lipinski definition) is 2. The number of amides is 1. The lowest BCUT2D eigenvalue weighted by Crippen LogP contribution is -2.34. The Morgan fingerprint density at radius 2 is 2.19 bits per heavy atom. The maximum absolute atomic E-state index is 12.2. The summed E-state index contributed by atoms with van der Waals surface area (Å²) in [7, 11) is -1.29. The number of nitrogens with one attached hydrogen (secondary N) is 2. The molecule has 1 atom stereocenters. The van der Waals surface area contributed by atoms with Crippen molar-refractivity contribution >= 4 is 21.6 Å². The summed E-state index contributed by atoms with van der Waals surface area (Å²) in [6.07, 6.45) is 2.04. The maximum Gasteiger partial charge on any atom is 0.251 e. The molecule has 1 fully saturated rings. The van der Waals surface area contributed by atoms with Crippen LogP contribution in [0, 0.1) is 0 Å². The summed E-state index contributed by atoms with van der Waals surface area (Å²) in [4.78, 5) is 16.5. The minimum atomic E-state index is -3.03. The summed E-state index contributed by atoms with van der Waals surface area (Å²) in [6.45, 7) is 2.15. The zero-order chi connectivity index (χ0) is 15.5. The topological polar surface area (TPSA) is 88.2 Å². The molecule has 21 heavy (non-hydrogen) atoms. The van der Waals surface area contributed by atoms with Crippen LogP contribution in [0.4, 0.5) is 5.82 Å². The molecular weight excluding hydrogens is 290 g/mol. The van der Waals surface area contributed by atoms with Gasteiger partial charge in [0.25, 0.3) is 5.91 Å². The van der Waals surface area contributed by atoms with E-state index in [0.717, 1.165) is 12.1 Å². The quantitative estimate of drug-likeness (QED) is 0.847. The molecule has 116 valence electrons. The molecule has 1 aliphatic rings. The van der Waals surface area contributed by atoms with Gasteiger partial charge in [0, 0.05) is 24.8 Å². The van der Waals surface area contributed by atoms with E-state index in [4.69, 9.17) is 0 Å². The molecule has 0 aliphatic carbocycles. The monoisotopic (exact) mass is 311 g/mol. The third kappa shape index (κ3) is 3.72. The van der Waals surface area contributed by atoms with E-state index in [9.17, 15) is 13.2 Å². The van der Waals surface area contributed by atoms with Crippen molar-refractivity contribution in [2.45, 2.75) is 31.4 Å². The third-order valence-corrected chi connectivity index (χ3v) is 5.99. The van der Waals surface area contributed by atoms with Gasteiger partial charge in [-0.15, -0.1) is 0 Å². The van der Waals surface area contributed by atoms with E-state index in [1.807, 2.05) is 6.92 Å². The van der Waals surface area contributed by atoms with Crippen LogP contribution in [0.2, 0.25) is 0 Å². The fraction of sp³-hybridized carbons (Fsp3) is 0.571. The van der Waals surface area contributed by atoms with Crippen molar-refractivity contribution in [2.75, 3.05) is 24.7 Å². The maximum atomic E-state index is 12.2. The third-order valence-electron chi connectivity index (χ3n) is 3.71. The number of rotatable bonds is 5. The number of anilines is 1. The van der Waals surface area contributed by atoms with Crippen LogP contribution in [0.5, 0.6) is 0 Å². The smallest absolute Gasteiger partial charge is 0.251 e. The van der Waals surface area contributed by atoms with E-state index in [-0.39, 0.29) is 18.2 Å². The van der Waals surface area contributed by atoms with E-state index in [1.165, 1.54) is 0 Å². The molecule has 0 aromatic carbocycles. The number of sulfone groups is 1. The van der Waals surface area contributed by atoms with Crippen LogP contribution in [0.1, 0.15) is 35.8 Å². The fourth-order valence-corrected chi connectivity index (χ4v) is 4.19. The van der Waals surface area contributed by atoms with Crippen LogP contribution in [-0.2, 0) is 16.3 Å². The molecule has 1 amide bonds. The van der Waals surface area contributed by atoms with Gasteiger partial charge in [-0.25, -0.2) is 13.4 Å². The van der Waals surface area contributed by atoms with E-state index < -0.39 is 15.1 Å². The molecule has 2 heterocycles. The van der Waals surface area contributed by atoms with Gasteiger partial charge in [-0.05, 0) is 31.4 Å². The second-order valence-electron chi connectivity index (χ2n) is 5.18. The largest absolute Gasteiger partial charge is 0.373 e. The van der Waals surface area contributed by atoms with E-state index in [0.29, 0.717) is 24.2 Å². The van der Waals surface area contributed by atoms with Gasteiger partial charge in [-0.2, -0.15) is 0 Å². The molecule has 1 aromatic rings. The van der Waals surface area contributed by atoms with E-state index in [1.54, 1.807) is 19.2 Å². The second-order valence-corrected chi connectivity index (χ2v) is 7.58. The van der Waals surface area contributed by atoms with E-state index in [2.05, 4.69) is 15.6 Å². The first-order chi connectivity index (χ1) is 9.96. The van der Waals surface area contributed by atoms with Crippen molar-refractivity contribution in [3.63, 3.8) is 0 Å². The number of aromatic nitrogens is 1. The van der Waals surface area contributed by atoms with Crippen molar-refractivity contribution in [3.8, 4) is 0 Å². The molecule has 2 N–H and O–H groups in total. The van der Waals surface area contributed by atoms with Gasteiger partial charge in [0.2, 0.25) is 0 Å². The standard InChI is InChI=1S/C14H21N3O3S/c1-3-11-7-10(8-13(15-2)17-11)14(18)16-9-12-5-4-6-21(12,19)20/h7-8,12H,3-6,9H2,1-2H3,(H,15,17)(H,16,18). The Kier molecular flexibility index (Phi) is 4.82. The van der Waals surface area contributed by atoms with Crippen molar-refractivity contribution in [1.29, 1.82) is 0 Å². The Balaban J connectivity index is 2.06. The highest BCUT2D eigenvalue weighted by atomic mass is 32.2. The van der Waals surface area contributed by atoms with Crippen LogP contribution in [0.3, 0.4) is 0 Å². The van der Waals surface area contributed by atoms with Gasteiger partial charge in [0.1, 0.15) is 5.82 Å². The Labute approximate surface area is 125 Å². The lowest BCUT2D eigenvalue weighted by atomic mass is 10.1. The molecule has 0 bridgehead atoms. The summed E-state index contributed by atoms with van der Waals surface area (Å²) in [5, 5.41) is 5.20. The van der Waals surface area contributed by atoms with Gasteiger partial charge < -0.3 is 10.6 Å². The first-order valence-corrected chi connectivity index (χ1v) is 8.86. The highest BCUT2D eigenvalue weighted by molar-refractivity contribution is 7.92. The Morgan fingerprint density at radius 3 is 2.76 bits per heavy atom. The minimum Gasteiger partial charge on any atom is -0.373 e. The first-order valence-electron chi connectivity index (χ1n) is 7.14. The van der Waals surface area contributed by atoms with Gasteiger partial charge in [0.15, 0.2) is 9.84 Å². The summed E-state index contributed by atoms with van der Waals surface area (Å²) >= 11 is 0. The predicted octanol–water partition coefficient (Wildman–Crippen LogP) is 0.993. The zero-order valence-corrected chi connectivity index (χ0v) is 13.2. The average Bonchev–Trinajstić information content (AvgIpc) is 2.82. The number of aryl methyl sites for hydroxylation is 1. The lowest BCUT2D eigenvalue weighted by molar-refractivity contribution is 0.0953. The lowest BCUT2D eigenvalue weighted by Gasteiger charge is -2.12. The number of hydrogen-bond acceptors (Lipinski definition) is 5. The minimum absolute atomic E-state index is 0.180. The van der Waals surface area contributed by atoms with Gasteiger partial charge >= 0.3 is 0 Å². The SMILES string of the molecule is CCc1cc(C(=O)NCC2CCCS2(=O)=O)cc(NC)n1. The summed E-state index contributed by atoms with van der Waals surface area (Å²) < 4.78 is 23.5. The summed E-state index contributed by atoms with van der Waals surface area (Å²) in [5.74, 6) is 0.603. The van der Waals surface area contributed by atoms with Crippen molar-refractivity contribution in [2.24, 2.45) is 0 Å². The van der Waals surface area contributed by atoms with Gasteiger partial charge in [-0.1, -0.05) is 6.92 Å². The van der Waals surface area contributed by atoms with Crippen LogP contribution >= 0.6 is 0 Å². The molecule has 7 heteroatoms. The molecule has 1 aromatic heterocycles. The van der Waals surface area contributed by atoms with Gasteiger partial charge in [-0.3, -0.25) is 4.79 Å². The predicted molar refractivity (Wildman–Crippen MR) is 82.3 cm³/mol. The summed E-state index contributed by atoms with van der Waals surface area (Å²) in [6, 6.07) is 3.40. The molecule has 0 saturated carbocycles. The fourth-order valence-electron chi connectivity index (χ4n) is 2.42. The highest BCUT2D eigenvalue weighted by Crippen LogP contribution is 2.19. The number of carbonyl (C=O) groups is 1. The number of pyridine rings is 1. The zero-order valence-electron chi connectivity index (χ0n) is 12.3. The van der Waals surface area contributed by atoms with Crippen LogP contribution in [0.25, 0.3) is 0 Å². The average molecular weight is 311 g/mol. The normalized spacial score (nSPS) is 20.2. The number of carbonyl (C=O) groups excluding carboxylic acids is 1. The Hall–Kier alpha value is -1.63. The molecular formula is C14H21N3O3S. The molecule has 2 rings (SSSR count). The Morgan fingerprint density at radius 1 is 1.43 bits per heavy atom. The van der Waals surface area contributed by atoms with Crippen molar-refractivity contribution in [3.05, 3.63) is 23.4 Å². The molecule has 0 radical (unpaired) electrons. The van der Waals surface area contributed by atoms with Crippen LogP contribution < -0.4 is 10.6 Å². The molecule has 1 saturated heterocycles. The van der Waals surface area contributed by atoms with Crippen LogP contribution in [-0.4, -0.2) is 43.9 Å².